The predicted molar refractivity (Wildman–Crippen MR) is 73.6 cm³/mol. The number of imide groups is 1. The number of urea groups is 1. The molecule has 0 aliphatic carbocycles. The van der Waals surface area contributed by atoms with Gasteiger partial charge in [0.2, 0.25) is 5.91 Å². The van der Waals surface area contributed by atoms with Gasteiger partial charge < -0.3 is 11.1 Å². The second-order valence-corrected chi connectivity index (χ2v) is 4.72. The topological polar surface area (TPSA) is 75.4 Å². The molecule has 0 bridgehead atoms. The molecule has 1 fully saturated rings. The van der Waals surface area contributed by atoms with Crippen LogP contribution < -0.4 is 16.0 Å². The molecule has 0 aromatic heterocycles. The summed E-state index contributed by atoms with van der Waals surface area (Å²) in [4.78, 5) is 25.4. The van der Waals surface area contributed by atoms with Gasteiger partial charge in [0.25, 0.3) is 0 Å². The van der Waals surface area contributed by atoms with Crippen molar-refractivity contribution in [2.45, 2.75) is 26.3 Å². The van der Waals surface area contributed by atoms with Gasteiger partial charge in [-0.1, -0.05) is 25.5 Å². The summed E-state index contributed by atoms with van der Waals surface area (Å²) in [6.07, 6.45) is 1.71. The van der Waals surface area contributed by atoms with E-state index in [0.29, 0.717) is 18.8 Å². The lowest BCUT2D eigenvalue weighted by atomic mass is 10.00. The molecule has 19 heavy (non-hydrogen) atoms. The highest BCUT2D eigenvalue weighted by Gasteiger charge is 2.34. The number of hydrogen-bond donors (Lipinski definition) is 2. The molecule has 3 N–H and O–H groups in total. The standard InChI is InChI=1S/C14H19N3O2/c1-2-3-11-9-16-14(19)17(13(11)18)12-6-4-10(8-15)5-7-12/h4-7,11H,2-3,8-9,15H2,1H3,(H,16,19). The maximum atomic E-state index is 12.3. The van der Waals surface area contributed by atoms with Crippen molar-refractivity contribution in [2.75, 3.05) is 11.4 Å². The molecule has 0 spiro atoms. The Labute approximate surface area is 112 Å². The van der Waals surface area contributed by atoms with Gasteiger partial charge in [-0.25, -0.2) is 9.69 Å². The minimum atomic E-state index is -0.349. The van der Waals surface area contributed by atoms with Crippen LogP contribution in [0, 0.1) is 5.92 Å². The first-order valence-corrected chi connectivity index (χ1v) is 6.58. The smallest absolute Gasteiger partial charge is 0.328 e. The predicted octanol–water partition coefficient (Wildman–Crippen LogP) is 1.62. The van der Waals surface area contributed by atoms with Gasteiger partial charge in [0.05, 0.1) is 11.6 Å². The summed E-state index contributed by atoms with van der Waals surface area (Å²) in [6.45, 7) is 2.91. The van der Waals surface area contributed by atoms with E-state index in [9.17, 15) is 9.59 Å². The second kappa shape index (κ2) is 5.84. The summed E-state index contributed by atoms with van der Waals surface area (Å²) >= 11 is 0. The fraction of sp³-hybridized carbons (Fsp3) is 0.429. The fourth-order valence-electron chi connectivity index (χ4n) is 2.26. The maximum Gasteiger partial charge on any atom is 0.328 e. The SMILES string of the molecule is CCCC1CNC(=O)N(c2ccc(CN)cc2)C1=O. The lowest BCUT2D eigenvalue weighted by molar-refractivity contribution is -0.122. The van der Waals surface area contributed by atoms with E-state index in [2.05, 4.69) is 5.32 Å². The van der Waals surface area contributed by atoms with Crippen LogP contribution in [0.15, 0.2) is 24.3 Å². The van der Waals surface area contributed by atoms with Gasteiger partial charge in [-0.15, -0.1) is 0 Å². The molecule has 5 heteroatoms. The van der Waals surface area contributed by atoms with E-state index in [1.54, 1.807) is 12.1 Å². The normalized spacial score (nSPS) is 19.5. The van der Waals surface area contributed by atoms with Crippen molar-refractivity contribution in [3.05, 3.63) is 29.8 Å². The molecule has 1 aromatic rings. The highest BCUT2D eigenvalue weighted by atomic mass is 16.2. The summed E-state index contributed by atoms with van der Waals surface area (Å²) in [7, 11) is 0. The Balaban J connectivity index is 2.23. The van der Waals surface area contributed by atoms with E-state index in [-0.39, 0.29) is 17.9 Å². The van der Waals surface area contributed by atoms with Gasteiger partial charge in [-0.3, -0.25) is 4.79 Å². The molecule has 1 saturated heterocycles. The van der Waals surface area contributed by atoms with Crippen LogP contribution in [0.4, 0.5) is 10.5 Å². The molecule has 0 saturated carbocycles. The van der Waals surface area contributed by atoms with E-state index in [1.807, 2.05) is 19.1 Å². The maximum absolute atomic E-state index is 12.3. The largest absolute Gasteiger partial charge is 0.337 e. The van der Waals surface area contributed by atoms with Gasteiger partial charge in [0, 0.05) is 13.1 Å². The van der Waals surface area contributed by atoms with Gasteiger partial charge in [-0.2, -0.15) is 0 Å². The molecule has 1 unspecified atom stereocenters. The molecule has 1 atom stereocenters. The van der Waals surface area contributed by atoms with Crippen molar-refractivity contribution in [1.29, 1.82) is 0 Å². The monoisotopic (exact) mass is 261 g/mol. The van der Waals surface area contributed by atoms with Crippen LogP contribution in [0.3, 0.4) is 0 Å². The van der Waals surface area contributed by atoms with Crippen LogP contribution in [-0.4, -0.2) is 18.5 Å². The molecule has 5 nitrogen and oxygen atoms in total. The Bertz CT molecular complexity index is 470. The number of benzene rings is 1. The molecule has 1 aliphatic heterocycles. The minimum absolute atomic E-state index is 0.119. The average molecular weight is 261 g/mol. The molecule has 1 aromatic carbocycles. The molecule has 102 valence electrons. The van der Waals surface area contributed by atoms with Crippen molar-refractivity contribution in [3.8, 4) is 0 Å². The van der Waals surface area contributed by atoms with Crippen LogP contribution in [0.1, 0.15) is 25.3 Å². The van der Waals surface area contributed by atoms with Crippen molar-refractivity contribution in [2.24, 2.45) is 11.7 Å². The van der Waals surface area contributed by atoms with E-state index in [0.717, 1.165) is 18.4 Å². The Hall–Kier alpha value is -1.88. The quantitative estimate of drug-likeness (QED) is 0.864. The number of carbonyl (C=O) groups is 2. The third-order valence-corrected chi connectivity index (χ3v) is 3.34. The van der Waals surface area contributed by atoms with Crippen LogP contribution in [-0.2, 0) is 11.3 Å². The molecule has 0 radical (unpaired) electrons. The van der Waals surface area contributed by atoms with Crippen molar-refractivity contribution < 1.29 is 9.59 Å². The third kappa shape index (κ3) is 2.76. The van der Waals surface area contributed by atoms with Gasteiger partial charge in [-0.05, 0) is 24.1 Å². The molecule has 3 amide bonds. The van der Waals surface area contributed by atoms with Crippen molar-refractivity contribution in [3.63, 3.8) is 0 Å². The number of nitrogens with two attached hydrogens (primary N) is 1. The first-order valence-electron chi connectivity index (χ1n) is 6.58. The number of nitrogens with zero attached hydrogens (tertiary/aromatic N) is 1. The van der Waals surface area contributed by atoms with Gasteiger partial charge >= 0.3 is 6.03 Å². The Morgan fingerprint density at radius 2 is 2.00 bits per heavy atom. The Kier molecular flexibility index (Phi) is 4.16. The van der Waals surface area contributed by atoms with E-state index in [1.165, 1.54) is 4.90 Å². The van der Waals surface area contributed by atoms with Gasteiger partial charge in [0.15, 0.2) is 0 Å². The first-order chi connectivity index (χ1) is 9.17. The minimum Gasteiger partial charge on any atom is -0.337 e. The Morgan fingerprint density at radius 3 is 2.58 bits per heavy atom. The summed E-state index contributed by atoms with van der Waals surface area (Å²) in [6, 6.07) is 6.83. The molecule has 1 heterocycles. The highest BCUT2D eigenvalue weighted by molar-refractivity contribution is 6.16. The van der Waals surface area contributed by atoms with Crippen LogP contribution in [0.25, 0.3) is 0 Å². The lowest BCUT2D eigenvalue weighted by Crippen LogP contribution is -2.55. The Morgan fingerprint density at radius 1 is 1.32 bits per heavy atom. The van der Waals surface area contributed by atoms with Crippen molar-refractivity contribution in [1.82, 2.24) is 5.32 Å². The second-order valence-electron chi connectivity index (χ2n) is 4.72. The fourth-order valence-corrected chi connectivity index (χ4v) is 2.26. The zero-order chi connectivity index (χ0) is 13.8. The zero-order valence-electron chi connectivity index (χ0n) is 11.1. The van der Waals surface area contributed by atoms with Gasteiger partial charge in [0.1, 0.15) is 0 Å². The third-order valence-electron chi connectivity index (χ3n) is 3.34. The number of hydrogen-bond acceptors (Lipinski definition) is 3. The number of rotatable bonds is 4. The summed E-state index contributed by atoms with van der Waals surface area (Å²) in [5.74, 6) is -0.247. The van der Waals surface area contributed by atoms with E-state index >= 15 is 0 Å². The van der Waals surface area contributed by atoms with Crippen LogP contribution in [0.5, 0.6) is 0 Å². The first kappa shape index (κ1) is 13.5. The average Bonchev–Trinajstić information content (AvgIpc) is 2.43. The summed E-state index contributed by atoms with van der Waals surface area (Å²) < 4.78 is 0. The van der Waals surface area contributed by atoms with E-state index in [4.69, 9.17) is 5.73 Å². The van der Waals surface area contributed by atoms with Crippen LogP contribution in [0.2, 0.25) is 0 Å². The lowest BCUT2D eigenvalue weighted by Gasteiger charge is -2.31. The number of anilines is 1. The molecular formula is C14H19N3O2. The summed E-state index contributed by atoms with van der Waals surface area (Å²) in [5, 5.41) is 2.77. The summed E-state index contributed by atoms with van der Waals surface area (Å²) in [5.41, 5.74) is 7.10. The zero-order valence-corrected chi connectivity index (χ0v) is 11.1. The number of amides is 3. The van der Waals surface area contributed by atoms with Crippen LogP contribution >= 0.6 is 0 Å². The molecular weight excluding hydrogens is 242 g/mol. The van der Waals surface area contributed by atoms with Crippen molar-refractivity contribution >= 4 is 17.6 Å². The molecule has 1 aliphatic rings. The van der Waals surface area contributed by atoms with E-state index < -0.39 is 0 Å². The number of carbonyl (C=O) groups excluding carboxylic acids is 2. The molecule has 2 rings (SSSR count). The highest BCUT2D eigenvalue weighted by Crippen LogP contribution is 2.22. The number of nitrogens with one attached hydrogen (secondary N) is 1.